The lowest BCUT2D eigenvalue weighted by Crippen LogP contribution is -2.32. The van der Waals surface area contributed by atoms with Crippen molar-refractivity contribution in [1.29, 1.82) is 0 Å². The van der Waals surface area contributed by atoms with Crippen molar-refractivity contribution in [2.75, 3.05) is 6.61 Å². The molecule has 0 saturated heterocycles. The Morgan fingerprint density at radius 1 is 1.43 bits per heavy atom. The Morgan fingerprint density at radius 3 is 2.50 bits per heavy atom. The summed E-state index contributed by atoms with van der Waals surface area (Å²) in [6, 6.07) is 0. The van der Waals surface area contributed by atoms with Crippen molar-refractivity contribution in [2.45, 2.75) is 44.6 Å². The Hall–Kier alpha value is -0.830. The van der Waals surface area contributed by atoms with Crippen LogP contribution in [-0.2, 0) is 9.53 Å². The summed E-state index contributed by atoms with van der Waals surface area (Å²) >= 11 is 0. The summed E-state index contributed by atoms with van der Waals surface area (Å²) in [5.41, 5.74) is 0.00759. The molecule has 1 aliphatic carbocycles. The summed E-state index contributed by atoms with van der Waals surface area (Å²) in [5.74, 6) is -0.968. The molecule has 0 aliphatic heterocycles. The standard InChI is InChI=1S/C11H18O3/c1-9(10(12)13)8-14-11(2)6-4-3-5-7-11/h1,3-8H2,2H3,(H,12,13). The molecule has 0 aromatic rings. The fourth-order valence-corrected chi connectivity index (χ4v) is 1.77. The molecular weight excluding hydrogens is 180 g/mol. The van der Waals surface area contributed by atoms with Gasteiger partial charge in [-0.25, -0.2) is 4.79 Å². The highest BCUT2D eigenvalue weighted by Crippen LogP contribution is 2.31. The summed E-state index contributed by atoms with van der Waals surface area (Å²) in [4.78, 5) is 10.5. The van der Waals surface area contributed by atoms with Crippen LogP contribution in [0, 0.1) is 0 Å². The molecule has 0 heterocycles. The van der Waals surface area contributed by atoms with E-state index in [9.17, 15) is 4.79 Å². The van der Waals surface area contributed by atoms with Crippen molar-refractivity contribution in [3.63, 3.8) is 0 Å². The molecule has 0 unspecified atom stereocenters. The Balaban J connectivity index is 2.35. The molecule has 1 saturated carbocycles. The fourth-order valence-electron chi connectivity index (χ4n) is 1.77. The third-order valence-electron chi connectivity index (χ3n) is 2.81. The molecule has 1 N–H and O–H groups in total. The van der Waals surface area contributed by atoms with Gasteiger partial charge in [-0.05, 0) is 19.8 Å². The van der Waals surface area contributed by atoms with Gasteiger partial charge in [0.1, 0.15) is 0 Å². The Labute approximate surface area is 84.8 Å². The van der Waals surface area contributed by atoms with Crippen LogP contribution in [0.5, 0.6) is 0 Å². The molecule has 0 amide bonds. The van der Waals surface area contributed by atoms with Crippen LogP contribution in [-0.4, -0.2) is 23.3 Å². The normalized spacial score (nSPS) is 20.4. The van der Waals surface area contributed by atoms with E-state index in [1.807, 2.05) is 0 Å². The summed E-state index contributed by atoms with van der Waals surface area (Å²) in [5, 5.41) is 8.62. The molecule has 0 radical (unpaired) electrons. The summed E-state index contributed by atoms with van der Waals surface area (Å²) in [6.45, 7) is 5.65. The van der Waals surface area contributed by atoms with Gasteiger partial charge in [0.25, 0.3) is 0 Å². The smallest absolute Gasteiger partial charge is 0.333 e. The van der Waals surface area contributed by atoms with E-state index in [4.69, 9.17) is 9.84 Å². The average Bonchev–Trinajstić information content (AvgIpc) is 2.15. The predicted molar refractivity (Wildman–Crippen MR) is 54.2 cm³/mol. The number of aliphatic carboxylic acids is 1. The minimum absolute atomic E-state index is 0.128. The molecule has 3 heteroatoms. The van der Waals surface area contributed by atoms with Crippen molar-refractivity contribution in [1.82, 2.24) is 0 Å². The van der Waals surface area contributed by atoms with E-state index in [0.717, 1.165) is 12.8 Å². The summed E-state index contributed by atoms with van der Waals surface area (Å²) < 4.78 is 5.61. The second kappa shape index (κ2) is 4.60. The molecular formula is C11H18O3. The van der Waals surface area contributed by atoms with Crippen LogP contribution in [0.4, 0.5) is 0 Å². The molecule has 1 aliphatic rings. The van der Waals surface area contributed by atoms with E-state index in [-0.39, 0.29) is 17.8 Å². The molecule has 14 heavy (non-hydrogen) atoms. The first-order valence-electron chi connectivity index (χ1n) is 5.08. The molecule has 3 nitrogen and oxygen atoms in total. The van der Waals surface area contributed by atoms with Gasteiger partial charge in [0, 0.05) is 0 Å². The predicted octanol–water partition coefficient (Wildman–Crippen LogP) is 2.37. The van der Waals surface area contributed by atoms with Gasteiger partial charge >= 0.3 is 5.97 Å². The molecule has 0 aromatic heterocycles. The zero-order chi connectivity index (χ0) is 10.6. The van der Waals surface area contributed by atoms with E-state index in [1.54, 1.807) is 0 Å². The third-order valence-corrected chi connectivity index (χ3v) is 2.81. The fraction of sp³-hybridized carbons (Fsp3) is 0.727. The van der Waals surface area contributed by atoms with Gasteiger partial charge < -0.3 is 9.84 Å². The Morgan fingerprint density at radius 2 is 2.00 bits per heavy atom. The van der Waals surface area contributed by atoms with E-state index in [0.29, 0.717) is 0 Å². The van der Waals surface area contributed by atoms with Gasteiger partial charge in [0.2, 0.25) is 0 Å². The lowest BCUT2D eigenvalue weighted by atomic mass is 9.86. The minimum Gasteiger partial charge on any atom is -0.478 e. The highest BCUT2D eigenvalue weighted by molar-refractivity contribution is 5.85. The first kappa shape index (κ1) is 11.2. The lowest BCUT2D eigenvalue weighted by Gasteiger charge is -2.33. The van der Waals surface area contributed by atoms with Crippen molar-refractivity contribution in [3.8, 4) is 0 Å². The molecule has 0 bridgehead atoms. The monoisotopic (exact) mass is 198 g/mol. The van der Waals surface area contributed by atoms with Gasteiger partial charge in [0.05, 0.1) is 17.8 Å². The van der Waals surface area contributed by atoms with Crippen LogP contribution in [0.2, 0.25) is 0 Å². The number of ether oxygens (including phenoxy) is 1. The first-order chi connectivity index (χ1) is 6.53. The van der Waals surface area contributed by atoms with E-state index < -0.39 is 5.97 Å². The van der Waals surface area contributed by atoms with Crippen LogP contribution >= 0.6 is 0 Å². The summed E-state index contributed by atoms with van der Waals surface area (Å²) in [6.07, 6.45) is 5.67. The van der Waals surface area contributed by atoms with Gasteiger partial charge in [-0.2, -0.15) is 0 Å². The van der Waals surface area contributed by atoms with Crippen LogP contribution < -0.4 is 0 Å². The average molecular weight is 198 g/mol. The highest BCUT2D eigenvalue weighted by atomic mass is 16.5. The maximum absolute atomic E-state index is 10.5. The van der Waals surface area contributed by atoms with Crippen LogP contribution in [0.1, 0.15) is 39.0 Å². The molecule has 0 atom stereocenters. The van der Waals surface area contributed by atoms with Gasteiger partial charge in [-0.1, -0.05) is 25.8 Å². The Bertz CT molecular complexity index is 227. The quantitative estimate of drug-likeness (QED) is 0.705. The van der Waals surface area contributed by atoms with Crippen LogP contribution in [0.25, 0.3) is 0 Å². The van der Waals surface area contributed by atoms with Crippen LogP contribution in [0.3, 0.4) is 0 Å². The number of carbonyl (C=O) groups is 1. The number of rotatable bonds is 4. The van der Waals surface area contributed by atoms with Gasteiger partial charge in [-0.3, -0.25) is 0 Å². The molecule has 1 rings (SSSR count). The SMILES string of the molecule is C=C(COC1(C)CCCCC1)C(=O)O. The summed E-state index contributed by atoms with van der Waals surface area (Å²) in [7, 11) is 0. The molecule has 0 spiro atoms. The number of hydrogen-bond donors (Lipinski definition) is 1. The molecule has 80 valence electrons. The molecule has 0 aromatic carbocycles. The lowest BCUT2D eigenvalue weighted by molar-refractivity contribution is -0.134. The third kappa shape index (κ3) is 3.14. The van der Waals surface area contributed by atoms with E-state index in [1.165, 1.54) is 19.3 Å². The zero-order valence-corrected chi connectivity index (χ0v) is 8.71. The minimum atomic E-state index is -0.968. The van der Waals surface area contributed by atoms with Crippen molar-refractivity contribution in [3.05, 3.63) is 12.2 Å². The Kier molecular flexibility index (Phi) is 3.69. The highest BCUT2D eigenvalue weighted by Gasteiger charge is 2.27. The maximum Gasteiger partial charge on any atom is 0.333 e. The number of carboxylic acid groups (broad SMARTS) is 1. The van der Waals surface area contributed by atoms with Crippen molar-refractivity contribution < 1.29 is 14.6 Å². The van der Waals surface area contributed by atoms with Gasteiger partial charge in [0.15, 0.2) is 0 Å². The second-order valence-corrected chi connectivity index (χ2v) is 4.21. The van der Waals surface area contributed by atoms with Crippen LogP contribution in [0.15, 0.2) is 12.2 Å². The molecule has 1 fully saturated rings. The van der Waals surface area contributed by atoms with Crippen molar-refractivity contribution >= 4 is 5.97 Å². The first-order valence-corrected chi connectivity index (χ1v) is 5.08. The number of carboxylic acids is 1. The maximum atomic E-state index is 10.5. The zero-order valence-electron chi connectivity index (χ0n) is 8.71. The van der Waals surface area contributed by atoms with E-state index in [2.05, 4.69) is 13.5 Å². The van der Waals surface area contributed by atoms with E-state index >= 15 is 0 Å². The van der Waals surface area contributed by atoms with Crippen molar-refractivity contribution in [2.24, 2.45) is 0 Å². The second-order valence-electron chi connectivity index (χ2n) is 4.21. The van der Waals surface area contributed by atoms with Gasteiger partial charge in [-0.15, -0.1) is 0 Å². The largest absolute Gasteiger partial charge is 0.478 e. The topological polar surface area (TPSA) is 46.5 Å². The number of hydrogen-bond acceptors (Lipinski definition) is 2.